The zero-order valence-corrected chi connectivity index (χ0v) is 11.4. The Morgan fingerprint density at radius 2 is 1.90 bits per heavy atom. The maximum absolute atomic E-state index is 11.5. The number of amides is 5. The van der Waals surface area contributed by atoms with Gasteiger partial charge in [0, 0.05) is 7.05 Å². The van der Waals surface area contributed by atoms with E-state index in [1.807, 2.05) is 11.4 Å². The molecule has 0 bridgehead atoms. The highest BCUT2D eigenvalue weighted by Gasteiger charge is 2.19. The third kappa shape index (κ3) is 5.72. The maximum atomic E-state index is 11.5. The molecule has 0 saturated carbocycles. The van der Waals surface area contributed by atoms with Gasteiger partial charge in [-0.25, -0.2) is 9.59 Å². The van der Waals surface area contributed by atoms with Crippen LogP contribution in [-0.4, -0.2) is 42.9 Å². The van der Waals surface area contributed by atoms with Crippen LogP contribution in [0.3, 0.4) is 0 Å². The van der Waals surface area contributed by atoms with E-state index < -0.39 is 24.6 Å². The van der Waals surface area contributed by atoms with Crippen molar-refractivity contribution >= 4 is 24.4 Å². The van der Waals surface area contributed by atoms with E-state index in [1.54, 1.807) is 24.3 Å². The van der Waals surface area contributed by atoms with Crippen molar-refractivity contribution in [2.45, 2.75) is 6.61 Å². The number of hydrogen-bond donors (Lipinski definition) is 2. The Labute approximate surface area is 121 Å². The molecule has 0 atom stereocenters. The molecular weight excluding hydrogens is 278 g/mol. The second-order valence-corrected chi connectivity index (χ2v) is 3.89. The Morgan fingerprint density at radius 1 is 1.24 bits per heavy atom. The van der Waals surface area contributed by atoms with Crippen molar-refractivity contribution in [2.24, 2.45) is 0 Å². The van der Waals surface area contributed by atoms with Crippen LogP contribution in [0.5, 0.6) is 0 Å². The molecule has 0 radical (unpaired) electrons. The van der Waals surface area contributed by atoms with Gasteiger partial charge in [0.05, 0.1) is 0 Å². The quantitative estimate of drug-likeness (QED) is 0.597. The number of imide groups is 2. The molecule has 0 fully saturated rings. The highest BCUT2D eigenvalue weighted by atomic mass is 16.5. The topological polar surface area (TPSA) is 105 Å². The number of hydrogen-bond acceptors (Lipinski definition) is 5. The molecule has 8 heteroatoms. The van der Waals surface area contributed by atoms with Gasteiger partial charge in [0.15, 0.2) is 0 Å². The summed E-state index contributed by atoms with van der Waals surface area (Å²) in [6.07, 6.45) is 0.141. The molecule has 0 aliphatic rings. The van der Waals surface area contributed by atoms with E-state index in [4.69, 9.17) is 4.74 Å². The van der Waals surface area contributed by atoms with Gasteiger partial charge in [0.2, 0.25) is 6.41 Å². The summed E-state index contributed by atoms with van der Waals surface area (Å²) in [6.45, 7) is -0.553. The molecule has 112 valence electrons. The fourth-order valence-electron chi connectivity index (χ4n) is 1.31. The number of carbonyl (C=O) groups excluding carboxylic acids is 4. The monoisotopic (exact) mass is 293 g/mol. The average Bonchev–Trinajstić information content (AvgIpc) is 2.51. The molecular formula is C13H15N3O5. The molecule has 2 N–H and O–H groups in total. The second kappa shape index (κ2) is 8.31. The van der Waals surface area contributed by atoms with Gasteiger partial charge in [0.25, 0.3) is 0 Å². The summed E-state index contributed by atoms with van der Waals surface area (Å²) in [5.74, 6) is -0.766. The van der Waals surface area contributed by atoms with E-state index in [0.29, 0.717) is 4.90 Å². The van der Waals surface area contributed by atoms with Crippen LogP contribution in [0.15, 0.2) is 30.3 Å². The van der Waals surface area contributed by atoms with Gasteiger partial charge in [-0.3, -0.25) is 19.8 Å². The molecule has 1 rings (SSSR count). The summed E-state index contributed by atoms with van der Waals surface area (Å²) in [7, 11) is 1.31. The normalized spacial score (nSPS) is 9.38. The number of benzene rings is 1. The summed E-state index contributed by atoms with van der Waals surface area (Å²) in [6, 6.07) is 7.13. The van der Waals surface area contributed by atoms with Gasteiger partial charge in [0.1, 0.15) is 13.2 Å². The lowest BCUT2D eigenvalue weighted by Crippen LogP contribution is -2.47. The van der Waals surface area contributed by atoms with Gasteiger partial charge in [-0.2, -0.15) is 0 Å². The zero-order valence-electron chi connectivity index (χ0n) is 11.4. The lowest BCUT2D eigenvalue weighted by Gasteiger charge is -2.14. The van der Waals surface area contributed by atoms with Gasteiger partial charge < -0.3 is 10.1 Å². The smallest absolute Gasteiger partial charge is 0.332 e. The molecule has 0 heterocycles. The molecule has 21 heavy (non-hydrogen) atoms. The second-order valence-electron chi connectivity index (χ2n) is 3.89. The molecule has 1 aromatic rings. The van der Waals surface area contributed by atoms with Crippen LogP contribution in [0, 0.1) is 0 Å². The van der Waals surface area contributed by atoms with Crippen molar-refractivity contribution in [1.82, 2.24) is 15.5 Å². The van der Waals surface area contributed by atoms with E-state index in [1.165, 1.54) is 7.05 Å². The van der Waals surface area contributed by atoms with E-state index >= 15 is 0 Å². The Bertz CT molecular complexity index is 518. The molecule has 0 unspecified atom stereocenters. The summed E-state index contributed by atoms with van der Waals surface area (Å²) >= 11 is 0. The standard InChI is InChI=1S/C13H15N3O5/c1-14-12(19)15-13(20)16(9-17)7-11(18)21-8-10-5-3-2-4-6-10/h2-6,9H,7-8H2,1H3,(H2,14,15,19,20). The number of rotatable bonds is 5. The van der Waals surface area contributed by atoms with Gasteiger partial charge in [-0.1, -0.05) is 30.3 Å². The van der Waals surface area contributed by atoms with Crippen LogP contribution in [0.4, 0.5) is 9.59 Å². The molecule has 0 aromatic heterocycles. The summed E-state index contributed by atoms with van der Waals surface area (Å²) in [5, 5.41) is 4.00. The first kappa shape index (κ1) is 16.2. The van der Waals surface area contributed by atoms with Crippen molar-refractivity contribution < 1.29 is 23.9 Å². The average molecular weight is 293 g/mol. The Kier molecular flexibility index (Phi) is 6.39. The predicted octanol–water partition coefficient (Wildman–Crippen LogP) is 0.237. The van der Waals surface area contributed by atoms with Crippen LogP contribution >= 0.6 is 0 Å². The van der Waals surface area contributed by atoms with E-state index in [2.05, 4.69) is 5.32 Å². The van der Waals surface area contributed by atoms with Crippen LogP contribution in [0.1, 0.15) is 5.56 Å². The first-order chi connectivity index (χ1) is 10.1. The Morgan fingerprint density at radius 3 is 2.48 bits per heavy atom. The number of nitrogens with zero attached hydrogens (tertiary/aromatic N) is 1. The highest BCUT2D eigenvalue weighted by Crippen LogP contribution is 2.01. The van der Waals surface area contributed by atoms with Crippen molar-refractivity contribution in [2.75, 3.05) is 13.6 Å². The molecule has 0 saturated heterocycles. The molecule has 0 spiro atoms. The van der Waals surface area contributed by atoms with Crippen LogP contribution < -0.4 is 10.6 Å². The fourth-order valence-corrected chi connectivity index (χ4v) is 1.31. The predicted molar refractivity (Wildman–Crippen MR) is 72.0 cm³/mol. The third-order valence-electron chi connectivity index (χ3n) is 2.38. The van der Waals surface area contributed by atoms with Crippen LogP contribution in [0.2, 0.25) is 0 Å². The van der Waals surface area contributed by atoms with E-state index in [-0.39, 0.29) is 13.0 Å². The van der Waals surface area contributed by atoms with Crippen LogP contribution in [-0.2, 0) is 20.9 Å². The van der Waals surface area contributed by atoms with Crippen LogP contribution in [0.25, 0.3) is 0 Å². The minimum absolute atomic E-state index is 0.0312. The highest BCUT2D eigenvalue weighted by molar-refractivity contribution is 5.98. The number of urea groups is 2. The lowest BCUT2D eigenvalue weighted by molar-refractivity contribution is -0.147. The van der Waals surface area contributed by atoms with Gasteiger partial charge in [-0.05, 0) is 5.56 Å². The molecule has 0 aliphatic carbocycles. The van der Waals surface area contributed by atoms with Gasteiger partial charge in [-0.15, -0.1) is 0 Å². The SMILES string of the molecule is CNC(=O)NC(=O)N(C=O)CC(=O)OCc1ccccc1. The summed E-state index contributed by atoms with van der Waals surface area (Å²) in [5.41, 5.74) is 0.776. The van der Waals surface area contributed by atoms with E-state index in [9.17, 15) is 19.2 Å². The van der Waals surface area contributed by atoms with Gasteiger partial charge >= 0.3 is 18.0 Å². The minimum atomic E-state index is -1.01. The number of carbonyl (C=O) groups is 4. The zero-order chi connectivity index (χ0) is 15.7. The minimum Gasteiger partial charge on any atom is -0.459 e. The Hall–Kier alpha value is -2.90. The Balaban J connectivity index is 2.45. The largest absolute Gasteiger partial charge is 0.459 e. The number of esters is 1. The third-order valence-corrected chi connectivity index (χ3v) is 2.38. The van der Waals surface area contributed by atoms with Crippen molar-refractivity contribution in [1.29, 1.82) is 0 Å². The molecule has 0 aliphatic heterocycles. The van der Waals surface area contributed by atoms with Crippen molar-refractivity contribution in [3.8, 4) is 0 Å². The van der Waals surface area contributed by atoms with E-state index in [0.717, 1.165) is 5.56 Å². The number of ether oxygens (including phenoxy) is 1. The van der Waals surface area contributed by atoms with Crippen molar-refractivity contribution in [3.05, 3.63) is 35.9 Å². The fraction of sp³-hybridized carbons (Fsp3) is 0.231. The molecule has 5 amide bonds. The van der Waals surface area contributed by atoms with Crippen molar-refractivity contribution in [3.63, 3.8) is 0 Å². The summed E-state index contributed by atoms with van der Waals surface area (Å²) < 4.78 is 4.92. The first-order valence-electron chi connectivity index (χ1n) is 6.01. The lowest BCUT2D eigenvalue weighted by atomic mass is 10.2. The number of nitrogens with one attached hydrogen (secondary N) is 2. The maximum Gasteiger partial charge on any atom is 0.332 e. The molecule has 1 aromatic carbocycles. The molecule has 8 nitrogen and oxygen atoms in total. The first-order valence-corrected chi connectivity index (χ1v) is 6.01. The summed E-state index contributed by atoms with van der Waals surface area (Å²) in [4.78, 5) is 45.2.